The molecule has 21 rings (SSSR count). The molecule has 5 nitrogen and oxygen atoms in total. The van der Waals surface area contributed by atoms with Crippen LogP contribution in [-0.4, -0.2) is 13.7 Å². The summed E-state index contributed by atoms with van der Waals surface area (Å²) in [5.41, 5.74) is 33.8. The summed E-state index contributed by atoms with van der Waals surface area (Å²) < 4.78 is 84.0. The van der Waals surface area contributed by atoms with Crippen molar-refractivity contribution >= 4 is 99.5 Å². The predicted octanol–water partition coefficient (Wildman–Crippen LogP) is 33.4. The molecule has 1 unspecified atom stereocenters. The van der Waals surface area contributed by atoms with Gasteiger partial charge < -0.3 is 23.5 Å². The van der Waals surface area contributed by atoms with Crippen molar-refractivity contribution in [1.29, 1.82) is 0 Å². The summed E-state index contributed by atoms with van der Waals surface area (Å²) in [4.78, 5) is 5.17. The lowest BCUT2D eigenvalue weighted by molar-refractivity contribution is 0.569. The molecule has 0 amide bonds. The Labute approximate surface area is 750 Å². The number of para-hydroxylation sites is 2. The Morgan fingerprint density at radius 1 is 0.248 bits per heavy atom. The normalized spacial score (nSPS) is 15.2. The third-order valence-corrected chi connectivity index (χ3v) is 27.4. The van der Waals surface area contributed by atoms with Gasteiger partial charge in [-0.2, -0.15) is 0 Å². The van der Waals surface area contributed by atoms with Gasteiger partial charge in [0, 0.05) is 67.0 Å². The summed E-state index contributed by atoms with van der Waals surface area (Å²) in [6.45, 7) is 48.4. The average molecular weight is 1640 g/mol. The number of hydrogen-bond acceptors (Lipinski definition) is 2. The number of fused-ring (bicyclic) bond motifs is 16. The van der Waals surface area contributed by atoms with E-state index in [-0.39, 0.29) is 71.8 Å². The second-order valence-corrected chi connectivity index (χ2v) is 42.9. The zero-order valence-electron chi connectivity index (χ0n) is 84.2. The molecule has 0 N–H and O–H groups in total. The van der Waals surface area contributed by atoms with Crippen molar-refractivity contribution in [1.82, 2.24) is 13.7 Å². The largest absolute Gasteiger partial charge is 0.309 e. The molecule has 0 fully saturated rings. The first-order valence-corrected chi connectivity index (χ1v) is 44.7. The van der Waals surface area contributed by atoms with Crippen molar-refractivity contribution in [3.63, 3.8) is 0 Å². The first-order valence-electron chi connectivity index (χ1n) is 48.7. The van der Waals surface area contributed by atoms with E-state index in [0.717, 1.165) is 134 Å². The van der Waals surface area contributed by atoms with Gasteiger partial charge in [0.05, 0.1) is 89.6 Å². The Hall–Kier alpha value is -12.7. The van der Waals surface area contributed by atoms with Gasteiger partial charge in [-0.15, -0.1) is 0 Å². The van der Waals surface area contributed by atoms with Gasteiger partial charge >= 0.3 is 0 Å². The second-order valence-electron chi connectivity index (χ2n) is 42.9. The molecule has 3 aromatic heterocycles. The van der Waals surface area contributed by atoms with E-state index < -0.39 is 42.2 Å². The summed E-state index contributed by atoms with van der Waals surface area (Å²) in [6, 6.07) is 91.1. The molecule has 620 valence electrons. The van der Waals surface area contributed by atoms with E-state index in [9.17, 15) is 11.0 Å². The van der Waals surface area contributed by atoms with E-state index in [0.29, 0.717) is 12.1 Å². The minimum atomic E-state index is -0.539. The van der Waals surface area contributed by atoms with Crippen molar-refractivity contribution in [3.8, 4) is 61.6 Å². The number of nitrogens with zero attached hydrogens (tertiary/aromatic N) is 5. The Morgan fingerprint density at radius 3 is 1.09 bits per heavy atom. The molecule has 0 saturated carbocycles. The van der Waals surface area contributed by atoms with Crippen LogP contribution in [0, 0.1) is 0 Å². The third-order valence-electron chi connectivity index (χ3n) is 27.4. The lowest BCUT2D eigenvalue weighted by atomic mass is 9.74. The Balaban J connectivity index is 0.943. The zero-order valence-corrected chi connectivity index (χ0v) is 76.2. The molecule has 1 aliphatic carbocycles. The zero-order chi connectivity index (χ0) is 94.0. The highest BCUT2D eigenvalue weighted by molar-refractivity contribution is 6.14. The minimum Gasteiger partial charge on any atom is -0.309 e. The van der Waals surface area contributed by atoms with Gasteiger partial charge in [-0.3, -0.25) is 0 Å². The van der Waals surface area contributed by atoms with E-state index >= 15 is 0 Å². The van der Waals surface area contributed by atoms with E-state index in [1.54, 1.807) is 4.57 Å². The average Bonchev–Trinajstić information content (AvgIpc) is 1.36. The molecule has 18 aromatic rings. The molecule has 15 aromatic carbocycles. The van der Waals surface area contributed by atoms with Crippen LogP contribution in [0.5, 0.6) is 0 Å². The van der Waals surface area contributed by atoms with Crippen LogP contribution in [0.1, 0.15) is 229 Å². The topological polar surface area (TPSA) is 21.3 Å². The first-order chi connectivity index (χ1) is 62.7. The van der Waals surface area contributed by atoms with Crippen LogP contribution >= 0.6 is 0 Å². The van der Waals surface area contributed by atoms with Crippen LogP contribution in [0.2, 0.25) is 0 Å². The predicted molar refractivity (Wildman–Crippen MR) is 535 cm³/mol. The molecule has 0 bridgehead atoms. The van der Waals surface area contributed by atoms with Crippen molar-refractivity contribution < 1.29 is 11.0 Å². The summed E-state index contributed by atoms with van der Waals surface area (Å²) in [5.74, 6) is -0.539. The number of anilines is 6. The van der Waals surface area contributed by atoms with E-state index in [4.69, 9.17) is 0 Å². The quantitative estimate of drug-likeness (QED) is 0.151. The number of rotatable bonds is 8. The molecule has 5 heterocycles. The van der Waals surface area contributed by atoms with Crippen molar-refractivity contribution in [2.45, 2.75) is 196 Å². The van der Waals surface area contributed by atoms with Gasteiger partial charge in [0.1, 0.15) is 0 Å². The Bertz CT molecular complexity index is 7730. The van der Waals surface area contributed by atoms with Gasteiger partial charge in [0.15, 0.2) is 0 Å². The van der Waals surface area contributed by atoms with Crippen LogP contribution in [0.15, 0.2) is 297 Å². The SMILES string of the molecule is [2H]c1c([2H])c([2H])c2c(c1[2H])c1c([2H])c([2H])c([2H])c([2H])c1n2-c1ccc2c(c1)N(c1c(-c3ccccc3)cc(C(C)(C)C)cc1-c1ccccc1)c1cc(-n3c4ccc(C(C)(C)C)cc4c4cc(C(C)(C)C)ccc43)cc3c1C2c1ccc(-c2cc(C(C)(C)C)cc(C(C)(C)C)c2)cc1N3c1cccc2c1Cc1c-2cccc1-n1c2ccc(C(C)(C)C)cc2c2cc(C(C)(C)C)ccc21. The summed E-state index contributed by atoms with van der Waals surface area (Å²) in [7, 11) is 0. The molecule has 0 spiro atoms. The molecular weight excluding hydrogens is 1510 g/mol. The minimum absolute atomic E-state index is 0.00992. The maximum atomic E-state index is 10.1. The molecule has 3 aliphatic rings. The number of hydrogen-bond donors (Lipinski definition) is 0. The smallest absolute Gasteiger partial charge is 0.0645 e. The maximum absolute atomic E-state index is 10.1. The van der Waals surface area contributed by atoms with Gasteiger partial charge in [0.25, 0.3) is 0 Å². The summed E-state index contributed by atoms with van der Waals surface area (Å²) in [5, 5.41) is 4.78. The molecular formula is C120H115N5. The van der Waals surface area contributed by atoms with Crippen LogP contribution in [-0.2, 0) is 44.3 Å². The lowest BCUT2D eigenvalue weighted by Crippen LogP contribution is -2.30. The molecule has 125 heavy (non-hydrogen) atoms. The fraction of sp³-hybridized carbons (Fsp3) is 0.250. The molecule has 0 saturated heterocycles. The molecule has 5 heteroatoms. The highest BCUT2D eigenvalue weighted by Crippen LogP contribution is 2.65. The molecule has 1 atom stereocenters. The Kier molecular flexibility index (Phi) is 15.8. The van der Waals surface area contributed by atoms with Gasteiger partial charge in [-0.05, 0) is 248 Å². The summed E-state index contributed by atoms with van der Waals surface area (Å²) in [6.07, 6.45) is 0.609. The Morgan fingerprint density at radius 2 is 0.632 bits per heavy atom. The number of aromatic nitrogens is 3. The second kappa shape index (κ2) is 27.9. The number of benzene rings is 15. The fourth-order valence-electron chi connectivity index (χ4n) is 20.3. The van der Waals surface area contributed by atoms with Crippen LogP contribution in [0.4, 0.5) is 34.1 Å². The molecule has 0 radical (unpaired) electrons. The lowest BCUT2D eigenvalue weighted by Gasteiger charge is -2.46. The highest BCUT2D eigenvalue weighted by Gasteiger charge is 2.45. The van der Waals surface area contributed by atoms with Gasteiger partial charge in [-0.1, -0.05) is 327 Å². The first kappa shape index (κ1) is 70.7. The van der Waals surface area contributed by atoms with Gasteiger partial charge in [0.2, 0.25) is 0 Å². The van der Waals surface area contributed by atoms with E-state index in [1.165, 1.54) is 66.4 Å². The maximum Gasteiger partial charge on any atom is 0.0645 e. The third kappa shape index (κ3) is 12.9. The fourth-order valence-corrected chi connectivity index (χ4v) is 20.3. The van der Waals surface area contributed by atoms with E-state index in [2.05, 4.69) is 407 Å². The summed E-state index contributed by atoms with van der Waals surface area (Å²) >= 11 is 0. The standard InChI is InChI=1S/C120H115N5/c1-114(2,3)76-47-54-103-93(62-76)94-63-77(115(4,5)6)48-55-104(94)122(103)84-69-109-112-110(70-84)125(113-91(72-34-24-22-25-35-72)66-82(120(19,20)21)67-92(113)73-36-26-23-27-37-73)108-68-83(121-99-42-30-28-38-87(99)88-39-29-31-43-100(88)121)51-53-90(108)111(112)89-52-46-74(75-58-80(118(13,14)15)61-81(59-75)119(16,17)18)60-107(89)124(109)102-45-33-41-86-85-40-32-44-101(97(85)71-98(86)102)123-105-56-49-78(116(7,8)9)64-95(105)96-65-79(117(10,11)12)50-57-106(96)123/h22-70,111H,71H2,1-21H3/i28D,29D,30D,31D,38D,39D,42D,43D. The van der Waals surface area contributed by atoms with Crippen LogP contribution < -0.4 is 9.80 Å². The highest BCUT2D eigenvalue weighted by atomic mass is 15.2. The monoisotopic (exact) mass is 1630 g/mol. The van der Waals surface area contributed by atoms with Crippen LogP contribution in [0.3, 0.4) is 0 Å². The van der Waals surface area contributed by atoms with Crippen molar-refractivity contribution in [2.24, 2.45) is 0 Å². The molecule has 2 aliphatic heterocycles. The van der Waals surface area contributed by atoms with Crippen molar-refractivity contribution in [3.05, 3.63) is 364 Å². The van der Waals surface area contributed by atoms with Crippen molar-refractivity contribution in [2.75, 3.05) is 9.80 Å². The van der Waals surface area contributed by atoms with Crippen LogP contribution in [0.25, 0.3) is 127 Å². The van der Waals surface area contributed by atoms with Gasteiger partial charge in [-0.25, -0.2) is 0 Å². The van der Waals surface area contributed by atoms with E-state index in [1.807, 2.05) is 6.07 Å².